The molecule has 0 aliphatic rings. The van der Waals surface area contributed by atoms with E-state index in [9.17, 15) is 4.79 Å². The molecule has 8 heteroatoms. The van der Waals surface area contributed by atoms with E-state index in [2.05, 4.69) is 15.6 Å². The fourth-order valence-corrected chi connectivity index (χ4v) is 1.89. The van der Waals surface area contributed by atoms with Crippen LogP contribution < -0.4 is 10.6 Å². The van der Waals surface area contributed by atoms with Crippen LogP contribution in [-0.2, 0) is 4.74 Å². The Bertz CT molecular complexity index is 564. The van der Waals surface area contributed by atoms with E-state index in [1.54, 1.807) is 25.7 Å². The molecule has 0 radical (unpaired) electrons. The predicted octanol–water partition coefficient (Wildman–Crippen LogP) is 1.68. The van der Waals surface area contributed by atoms with Gasteiger partial charge in [0.25, 0.3) is 5.91 Å². The summed E-state index contributed by atoms with van der Waals surface area (Å²) < 4.78 is 6.79. The second kappa shape index (κ2) is 11.9. The number of methoxy groups -OCH3 is 1. The lowest BCUT2D eigenvalue weighted by atomic mass is 10.2. The summed E-state index contributed by atoms with van der Waals surface area (Å²) in [6.07, 6.45) is 5.26. The van der Waals surface area contributed by atoms with Crippen molar-refractivity contribution in [2.75, 3.05) is 33.4 Å². The maximum Gasteiger partial charge on any atom is 0.251 e. The van der Waals surface area contributed by atoms with Crippen LogP contribution >= 0.6 is 24.8 Å². The summed E-state index contributed by atoms with van der Waals surface area (Å²) in [5, 5.41) is 6.06. The van der Waals surface area contributed by atoms with Crippen molar-refractivity contribution in [2.24, 2.45) is 0 Å². The Morgan fingerprint density at radius 2 is 2.09 bits per heavy atom. The SMILES string of the molecule is COCCNCCNC(=O)c1cccc(-n2ccnc2)c1.Cl.Cl. The molecular formula is C15H22Cl2N4O2. The third kappa shape index (κ3) is 7.00. The van der Waals surface area contributed by atoms with E-state index in [0.717, 1.165) is 18.8 Å². The number of rotatable bonds is 8. The summed E-state index contributed by atoms with van der Waals surface area (Å²) in [6, 6.07) is 7.44. The van der Waals surface area contributed by atoms with E-state index in [-0.39, 0.29) is 30.7 Å². The molecule has 0 atom stereocenters. The minimum atomic E-state index is -0.0782. The predicted molar refractivity (Wildman–Crippen MR) is 95.1 cm³/mol. The third-order valence-corrected chi connectivity index (χ3v) is 2.98. The van der Waals surface area contributed by atoms with Gasteiger partial charge in [-0.05, 0) is 18.2 Å². The molecule has 0 fully saturated rings. The van der Waals surface area contributed by atoms with Crippen molar-refractivity contribution in [3.05, 3.63) is 48.5 Å². The lowest BCUT2D eigenvalue weighted by Gasteiger charge is -2.08. The molecule has 0 bridgehead atoms. The number of halogens is 2. The van der Waals surface area contributed by atoms with Gasteiger partial charge in [0.05, 0.1) is 12.9 Å². The van der Waals surface area contributed by atoms with Crippen LogP contribution in [-0.4, -0.2) is 48.8 Å². The fraction of sp³-hybridized carbons (Fsp3) is 0.333. The average molecular weight is 361 g/mol. The van der Waals surface area contributed by atoms with Crippen molar-refractivity contribution in [1.82, 2.24) is 20.2 Å². The summed E-state index contributed by atoms with van der Waals surface area (Å²) in [4.78, 5) is 16.1. The number of nitrogens with one attached hydrogen (secondary N) is 2. The number of aromatic nitrogens is 2. The monoisotopic (exact) mass is 360 g/mol. The molecule has 2 aromatic rings. The van der Waals surface area contributed by atoms with Gasteiger partial charge in [-0.25, -0.2) is 4.98 Å². The molecule has 0 aliphatic carbocycles. The van der Waals surface area contributed by atoms with Crippen LogP contribution in [0.5, 0.6) is 0 Å². The van der Waals surface area contributed by atoms with Crippen molar-refractivity contribution in [1.29, 1.82) is 0 Å². The van der Waals surface area contributed by atoms with Crippen molar-refractivity contribution >= 4 is 30.7 Å². The second-order valence-electron chi connectivity index (χ2n) is 4.52. The van der Waals surface area contributed by atoms with Gasteiger partial charge in [0.15, 0.2) is 0 Å². The maximum atomic E-state index is 12.1. The fourth-order valence-electron chi connectivity index (χ4n) is 1.89. The molecule has 0 saturated carbocycles. The van der Waals surface area contributed by atoms with Gasteiger partial charge in [-0.15, -0.1) is 24.8 Å². The maximum absolute atomic E-state index is 12.1. The summed E-state index contributed by atoms with van der Waals surface area (Å²) >= 11 is 0. The summed E-state index contributed by atoms with van der Waals surface area (Å²) in [7, 11) is 1.66. The Labute approximate surface area is 148 Å². The Balaban J connectivity index is 0.00000242. The van der Waals surface area contributed by atoms with Crippen molar-refractivity contribution < 1.29 is 9.53 Å². The topological polar surface area (TPSA) is 68.2 Å². The van der Waals surface area contributed by atoms with Gasteiger partial charge in [0.1, 0.15) is 0 Å². The van der Waals surface area contributed by atoms with E-state index >= 15 is 0 Å². The number of carbonyl (C=O) groups is 1. The number of nitrogens with zero attached hydrogens (tertiary/aromatic N) is 2. The molecule has 1 amide bonds. The number of carbonyl (C=O) groups excluding carboxylic acids is 1. The minimum Gasteiger partial charge on any atom is -0.383 e. The molecule has 23 heavy (non-hydrogen) atoms. The summed E-state index contributed by atoms with van der Waals surface area (Å²) in [5.41, 5.74) is 1.55. The molecule has 6 nitrogen and oxygen atoms in total. The first-order valence-electron chi connectivity index (χ1n) is 6.87. The zero-order chi connectivity index (χ0) is 14.9. The average Bonchev–Trinajstić information content (AvgIpc) is 3.05. The van der Waals surface area contributed by atoms with Crippen LogP contribution in [0.15, 0.2) is 43.0 Å². The van der Waals surface area contributed by atoms with E-state index in [1.807, 2.05) is 29.0 Å². The molecule has 2 rings (SSSR count). The first kappa shape index (κ1) is 21.4. The number of hydrogen-bond donors (Lipinski definition) is 2. The van der Waals surface area contributed by atoms with E-state index in [0.29, 0.717) is 18.7 Å². The van der Waals surface area contributed by atoms with Crippen LogP contribution in [0, 0.1) is 0 Å². The zero-order valence-electron chi connectivity index (χ0n) is 12.9. The van der Waals surface area contributed by atoms with Gasteiger partial charge < -0.3 is 19.9 Å². The molecule has 0 unspecified atom stereocenters. The van der Waals surface area contributed by atoms with Gasteiger partial charge in [-0.1, -0.05) is 6.07 Å². The van der Waals surface area contributed by atoms with Crippen LogP contribution in [0.25, 0.3) is 5.69 Å². The van der Waals surface area contributed by atoms with Crippen molar-refractivity contribution in [3.63, 3.8) is 0 Å². The number of ether oxygens (including phenoxy) is 1. The van der Waals surface area contributed by atoms with Crippen LogP contribution in [0.4, 0.5) is 0 Å². The first-order valence-corrected chi connectivity index (χ1v) is 6.87. The number of amides is 1. The van der Waals surface area contributed by atoms with Crippen molar-refractivity contribution in [2.45, 2.75) is 0 Å². The highest BCUT2D eigenvalue weighted by atomic mass is 35.5. The standard InChI is InChI=1S/C15H20N4O2.2ClH/c1-21-10-8-16-5-6-18-15(20)13-3-2-4-14(11-13)19-9-7-17-12-19;;/h2-4,7,9,11-12,16H,5-6,8,10H2,1H3,(H,18,20);2*1H. The number of imidazole rings is 1. The molecule has 128 valence electrons. The smallest absolute Gasteiger partial charge is 0.251 e. The molecule has 2 N–H and O–H groups in total. The molecule has 1 aromatic carbocycles. The Morgan fingerprint density at radius 1 is 1.26 bits per heavy atom. The lowest BCUT2D eigenvalue weighted by molar-refractivity contribution is 0.0953. The highest BCUT2D eigenvalue weighted by molar-refractivity contribution is 5.94. The summed E-state index contributed by atoms with van der Waals surface area (Å²) in [6.45, 7) is 2.75. The van der Waals surface area contributed by atoms with E-state index in [4.69, 9.17) is 4.74 Å². The number of hydrogen-bond acceptors (Lipinski definition) is 4. The Morgan fingerprint density at radius 3 is 2.78 bits per heavy atom. The highest BCUT2D eigenvalue weighted by Crippen LogP contribution is 2.10. The Hall–Kier alpha value is -1.60. The molecule has 0 aliphatic heterocycles. The van der Waals surface area contributed by atoms with Crippen LogP contribution in [0.2, 0.25) is 0 Å². The molecule has 1 aromatic heterocycles. The van der Waals surface area contributed by atoms with Crippen LogP contribution in [0.3, 0.4) is 0 Å². The molecular weight excluding hydrogens is 339 g/mol. The highest BCUT2D eigenvalue weighted by Gasteiger charge is 2.06. The third-order valence-electron chi connectivity index (χ3n) is 2.98. The van der Waals surface area contributed by atoms with Gasteiger partial charge in [-0.2, -0.15) is 0 Å². The van der Waals surface area contributed by atoms with Gasteiger partial charge in [-0.3, -0.25) is 4.79 Å². The zero-order valence-corrected chi connectivity index (χ0v) is 14.5. The summed E-state index contributed by atoms with van der Waals surface area (Å²) in [5.74, 6) is -0.0782. The molecule has 0 spiro atoms. The minimum absolute atomic E-state index is 0. The van der Waals surface area contributed by atoms with E-state index < -0.39 is 0 Å². The normalized spacial score (nSPS) is 9.61. The second-order valence-corrected chi connectivity index (χ2v) is 4.52. The van der Waals surface area contributed by atoms with E-state index in [1.165, 1.54) is 0 Å². The lowest BCUT2D eigenvalue weighted by Crippen LogP contribution is -2.33. The van der Waals surface area contributed by atoms with Gasteiger partial charge in [0, 0.05) is 50.4 Å². The Kier molecular flexibility index (Phi) is 11.1. The van der Waals surface area contributed by atoms with Crippen LogP contribution in [0.1, 0.15) is 10.4 Å². The largest absolute Gasteiger partial charge is 0.383 e. The first-order chi connectivity index (χ1) is 10.3. The number of benzene rings is 1. The van der Waals surface area contributed by atoms with Gasteiger partial charge in [0.2, 0.25) is 0 Å². The molecule has 0 saturated heterocycles. The molecule has 1 heterocycles. The quantitative estimate of drug-likeness (QED) is 0.702. The van der Waals surface area contributed by atoms with Gasteiger partial charge >= 0.3 is 0 Å². The van der Waals surface area contributed by atoms with Crippen molar-refractivity contribution in [3.8, 4) is 5.69 Å².